The van der Waals surface area contributed by atoms with Gasteiger partial charge in [-0.1, -0.05) is 23.2 Å². The van der Waals surface area contributed by atoms with Gasteiger partial charge in [0.05, 0.1) is 12.8 Å². The Morgan fingerprint density at radius 3 is 2.34 bits per heavy atom. The van der Waals surface area contributed by atoms with Crippen LogP contribution in [0.2, 0.25) is 10.0 Å². The van der Waals surface area contributed by atoms with Gasteiger partial charge in [-0.05, 0) is 48.5 Å². The van der Waals surface area contributed by atoms with Gasteiger partial charge in [0.2, 0.25) is 0 Å². The molecule has 0 bridgehead atoms. The third-order valence-electron chi connectivity index (χ3n) is 4.76. The number of amides is 2. The van der Waals surface area contributed by atoms with Crippen molar-refractivity contribution in [2.75, 3.05) is 17.1 Å². The van der Waals surface area contributed by atoms with Crippen LogP contribution in [0.4, 0.5) is 25.0 Å². The molecular formula is C22H16Cl2F2N4O4S. The highest BCUT2D eigenvalue weighted by Gasteiger charge is 2.18. The second kappa shape index (κ2) is 9.61. The number of fused-ring (bicyclic) bond motifs is 1. The lowest BCUT2D eigenvalue weighted by Crippen LogP contribution is -2.38. The van der Waals surface area contributed by atoms with Crippen LogP contribution in [0.15, 0.2) is 54.6 Å². The average molecular weight is 541 g/mol. The van der Waals surface area contributed by atoms with E-state index in [9.17, 15) is 22.0 Å². The number of aromatic amines is 1. The summed E-state index contributed by atoms with van der Waals surface area (Å²) in [5.74, 6) is -1.83. The Bertz CT molecular complexity index is 1500. The number of hydrogen-bond acceptors (Lipinski definition) is 4. The Balaban J connectivity index is 1.57. The molecule has 1 heterocycles. The van der Waals surface area contributed by atoms with E-state index in [1.54, 1.807) is 12.1 Å². The fraction of sp³-hybridized carbons (Fsp3) is 0.0455. The van der Waals surface area contributed by atoms with E-state index < -0.39 is 27.9 Å². The third kappa shape index (κ3) is 5.76. The highest BCUT2D eigenvalue weighted by Crippen LogP contribution is 2.33. The number of carbonyl (C=O) groups is 1. The van der Waals surface area contributed by atoms with Crippen molar-refractivity contribution < 1.29 is 26.7 Å². The number of benzene rings is 3. The molecule has 182 valence electrons. The summed E-state index contributed by atoms with van der Waals surface area (Å²) in [6, 6.07) is 11.4. The van der Waals surface area contributed by atoms with Gasteiger partial charge in [0.25, 0.3) is 0 Å². The SMILES string of the molecule is COc1ccc(-c2cc3cc(F)c(F)cc3[nH]2)cc1NS(=O)(=O)NC(=O)Nc1cc(Cl)cc(Cl)c1. The molecular weight excluding hydrogens is 525 g/mol. The molecule has 4 rings (SSSR count). The van der Waals surface area contributed by atoms with Crippen molar-refractivity contribution in [3.63, 3.8) is 0 Å². The normalized spacial score (nSPS) is 11.3. The molecule has 0 saturated heterocycles. The molecule has 4 N–H and O–H groups in total. The number of rotatable bonds is 6. The largest absolute Gasteiger partial charge is 0.495 e. The summed E-state index contributed by atoms with van der Waals surface area (Å²) in [5.41, 5.74) is 1.50. The molecule has 0 atom stereocenters. The van der Waals surface area contributed by atoms with E-state index in [-0.39, 0.29) is 27.2 Å². The van der Waals surface area contributed by atoms with Crippen molar-refractivity contribution in [1.29, 1.82) is 0 Å². The second-order valence-corrected chi connectivity index (χ2v) is 9.56. The molecule has 0 saturated carbocycles. The van der Waals surface area contributed by atoms with Crippen molar-refractivity contribution in [2.24, 2.45) is 0 Å². The van der Waals surface area contributed by atoms with E-state index in [1.165, 1.54) is 37.4 Å². The number of hydrogen-bond donors (Lipinski definition) is 4. The summed E-state index contributed by atoms with van der Waals surface area (Å²) < 4.78 is 61.5. The molecule has 0 radical (unpaired) electrons. The van der Waals surface area contributed by atoms with Crippen LogP contribution in [0.25, 0.3) is 22.2 Å². The molecule has 0 aliphatic heterocycles. The number of methoxy groups -OCH3 is 1. The van der Waals surface area contributed by atoms with E-state index in [1.807, 2.05) is 4.72 Å². The summed E-state index contributed by atoms with van der Waals surface area (Å²) in [6.45, 7) is 0. The molecule has 0 aliphatic carbocycles. The first-order valence-electron chi connectivity index (χ1n) is 9.77. The first-order valence-corrected chi connectivity index (χ1v) is 12.0. The van der Waals surface area contributed by atoms with Crippen LogP contribution in [-0.4, -0.2) is 26.5 Å². The zero-order valence-electron chi connectivity index (χ0n) is 17.7. The van der Waals surface area contributed by atoms with Gasteiger partial charge in [0.15, 0.2) is 11.6 Å². The van der Waals surface area contributed by atoms with Gasteiger partial charge < -0.3 is 15.0 Å². The predicted molar refractivity (Wildman–Crippen MR) is 131 cm³/mol. The fourth-order valence-electron chi connectivity index (χ4n) is 3.31. The maximum atomic E-state index is 13.6. The number of carbonyl (C=O) groups excluding carboxylic acids is 1. The molecule has 13 heteroatoms. The maximum absolute atomic E-state index is 13.6. The third-order valence-corrected chi connectivity index (χ3v) is 6.14. The van der Waals surface area contributed by atoms with Crippen molar-refractivity contribution in [3.05, 3.63) is 76.3 Å². The van der Waals surface area contributed by atoms with Gasteiger partial charge in [-0.25, -0.2) is 18.3 Å². The van der Waals surface area contributed by atoms with E-state index >= 15 is 0 Å². The molecule has 0 spiro atoms. The average Bonchev–Trinajstić information content (AvgIpc) is 3.15. The Labute approximate surface area is 208 Å². The first-order chi connectivity index (χ1) is 16.5. The van der Waals surface area contributed by atoms with Crippen LogP contribution in [0.3, 0.4) is 0 Å². The lowest BCUT2D eigenvalue weighted by Gasteiger charge is -2.14. The van der Waals surface area contributed by atoms with Crippen LogP contribution >= 0.6 is 23.2 Å². The lowest BCUT2D eigenvalue weighted by atomic mass is 10.1. The minimum absolute atomic E-state index is 0.00659. The fourth-order valence-corrected chi connectivity index (χ4v) is 4.63. The zero-order chi connectivity index (χ0) is 25.3. The number of nitrogens with one attached hydrogen (secondary N) is 4. The smallest absolute Gasteiger partial charge is 0.334 e. The van der Waals surface area contributed by atoms with Crippen molar-refractivity contribution in [2.45, 2.75) is 0 Å². The summed E-state index contributed by atoms with van der Waals surface area (Å²) in [6.07, 6.45) is 0. The second-order valence-electron chi connectivity index (χ2n) is 7.27. The number of ether oxygens (including phenoxy) is 1. The predicted octanol–water partition coefficient (Wildman–Crippen LogP) is 5.91. The monoisotopic (exact) mass is 540 g/mol. The van der Waals surface area contributed by atoms with Gasteiger partial charge in [-0.3, -0.25) is 4.72 Å². The summed E-state index contributed by atoms with van der Waals surface area (Å²) in [5, 5.41) is 3.24. The molecule has 4 aromatic rings. The number of halogens is 4. The minimum atomic E-state index is -4.41. The number of anilines is 2. The van der Waals surface area contributed by atoms with Crippen LogP contribution in [0.5, 0.6) is 5.75 Å². The van der Waals surface area contributed by atoms with Crippen molar-refractivity contribution in [1.82, 2.24) is 9.71 Å². The summed E-state index contributed by atoms with van der Waals surface area (Å²) in [4.78, 5) is 15.2. The van der Waals surface area contributed by atoms with Gasteiger partial charge in [-0.2, -0.15) is 8.42 Å². The van der Waals surface area contributed by atoms with Crippen molar-refractivity contribution >= 4 is 61.7 Å². The quantitative estimate of drug-likeness (QED) is 0.243. The van der Waals surface area contributed by atoms with Gasteiger partial charge in [0.1, 0.15) is 5.75 Å². The molecule has 3 aromatic carbocycles. The van der Waals surface area contributed by atoms with Crippen LogP contribution in [-0.2, 0) is 10.2 Å². The maximum Gasteiger partial charge on any atom is 0.334 e. The minimum Gasteiger partial charge on any atom is -0.495 e. The van der Waals surface area contributed by atoms with Crippen LogP contribution < -0.4 is 19.5 Å². The molecule has 1 aromatic heterocycles. The zero-order valence-corrected chi connectivity index (χ0v) is 20.1. The molecule has 0 aliphatic rings. The first kappa shape index (κ1) is 24.6. The Hall–Kier alpha value is -3.54. The molecule has 0 fully saturated rings. The summed E-state index contributed by atoms with van der Waals surface area (Å²) >= 11 is 11.7. The molecule has 2 amide bonds. The van der Waals surface area contributed by atoms with Gasteiger partial charge in [-0.15, -0.1) is 0 Å². The van der Waals surface area contributed by atoms with E-state index in [0.29, 0.717) is 22.2 Å². The van der Waals surface area contributed by atoms with Crippen LogP contribution in [0, 0.1) is 11.6 Å². The Morgan fingerprint density at radius 1 is 0.971 bits per heavy atom. The summed E-state index contributed by atoms with van der Waals surface area (Å²) in [7, 11) is -3.07. The highest BCUT2D eigenvalue weighted by atomic mass is 35.5. The molecule has 35 heavy (non-hydrogen) atoms. The number of aromatic nitrogens is 1. The molecule has 0 unspecified atom stereocenters. The van der Waals surface area contributed by atoms with E-state index in [2.05, 4.69) is 15.0 Å². The number of H-pyrrole nitrogens is 1. The number of urea groups is 1. The van der Waals surface area contributed by atoms with Gasteiger partial charge >= 0.3 is 16.2 Å². The van der Waals surface area contributed by atoms with Crippen LogP contribution in [0.1, 0.15) is 0 Å². The standard InChI is InChI=1S/C22H16Cl2F2N4O4S/c1-34-21-3-2-11(18-6-12-4-16(25)17(26)10-19(12)28-18)5-20(21)29-35(32,33)30-22(31)27-15-8-13(23)7-14(24)9-15/h2-10,28-29H,1H3,(H2,27,30,31). The lowest BCUT2D eigenvalue weighted by molar-refractivity contribution is 0.256. The topological polar surface area (TPSA) is 112 Å². The van der Waals surface area contributed by atoms with Gasteiger partial charge in [0, 0.05) is 44.0 Å². The Morgan fingerprint density at radius 2 is 1.66 bits per heavy atom. The molecule has 8 nitrogen and oxygen atoms in total. The highest BCUT2D eigenvalue weighted by molar-refractivity contribution is 7.91. The Kier molecular flexibility index (Phi) is 6.75. The van der Waals surface area contributed by atoms with E-state index in [0.717, 1.165) is 12.1 Å². The van der Waals surface area contributed by atoms with E-state index in [4.69, 9.17) is 27.9 Å². The van der Waals surface area contributed by atoms with Crippen molar-refractivity contribution in [3.8, 4) is 17.0 Å².